The molecule has 1 aromatic carbocycles. The van der Waals surface area contributed by atoms with Gasteiger partial charge >= 0.3 is 0 Å². The molecule has 4 nitrogen and oxygen atoms in total. The average molecular weight is 376 g/mol. The van der Waals surface area contributed by atoms with Crippen molar-refractivity contribution in [2.24, 2.45) is 0 Å². The lowest BCUT2D eigenvalue weighted by molar-refractivity contribution is 0.0958. The number of amides is 1. The molecule has 0 atom stereocenters. The molecule has 1 amide bonds. The Morgan fingerprint density at radius 1 is 1.13 bits per heavy atom. The van der Waals surface area contributed by atoms with Crippen LogP contribution in [0.15, 0.2) is 36.5 Å². The van der Waals surface area contributed by atoms with Crippen molar-refractivity contribution in [3.8, 4) is 0 Å². The first-order valence-corrected chi connectivity index (χ1v) is 8.08. The Balaban J connectivity index is 0.00000242. The number of hydrogen-bond acceptors (Lipinski definition) is 4. The number of thiazole rings is 1. The van der Waals surface area contributed by atoms with E-state index in [4.69, 9.17) is 0 Å². The van der Waals surface area contributed by atoms with Crippen molar-refractivity contribution in [2.75, 3.05) is 19.6 Å². The number of rotatable bonds is 8. The van der Waals surface area contributed by atoms with Crippen molar-refractivity contribution in [1.29, 1.82) is 0 Å². The van der Waals surface area contributed by atoms with Crippen LogP contribution < -0.4 is 10.6 Å². The van der Waals surface area contributed by atoms with Crippen LogP contribution in [-0.2, 0) is 6.42 Å². The molecule has 0 unspecified atom stereocenters. The van der Waals surface area contributed by atoms with Gasteiger partial charge in [-0.05, 0) is 18.5 Å². The van der Waals surface area contributed by atoms with Crippen molar-refractivity contribution in [3.63, 3.8) is 0 Å². The molecule has 7 heteroatoms. The van der Waals surface area contributed by atoms with Gasteiger partial charge in [0.1, 0.15) is 4.88 Å². The van der Waals surface area contributed by atoms with Crippen LogP contribution in [-0.4, -0.2) is 30.5 Å². The highest BCUT2D eigenvalue weighted by atomic mass is 35.5. The van der Waals surface area contributed by atoms with Crippen LogP contribution in [0.4, 0.5) is 0 Å². The van der Waals surface area contributed by atoms with Gasteiger partial charge in [0.25, 0.3) is 5.91 Å². The molecule has 23 heavy (non-hydrogen) atoms. The molecule has 128 valence electrons. The molecule has 0 aliphatic heterocycles. The summed E-state index contributed by atoms with van der Waals surface area (Å²) in [5.41, 5.74) is 1.21. The summed E-state index contributed by atoms with van der Waals surface area (Å²) in [6.07, 6.45) is 3.54. The van der Waals surface area contributed by atoms with E-state index in [9.17, 15) is 4.79 Å². The van der Waals surface area contributed by atoms with Gasteiger partial charge in [-0.2, -0.15) is 0 Å². The van der Waals surface area contributed by atoms with Crippen LogP contribution in [0.1, 0.15) is 33.6 Å². The summed E-state index contributed by atoms with van der Waals surface area (Å²) in [5, 5.41) is 7.12. The molecule has 0 bridgehead atoms. The van der Waals surface area contributed by atoms with E-state index in [-0.39, 0.29) is 30.7 Å². The molecule has 2 rings (SSSR count). The second kappa shape index (κ2) is 12.3. The van der Waals surface area contributed by atoms with Crippen LogP contribution in [0.3, 0.4) is 0 Å². The zero-order chi connectivity index (χ0) is 14.9. The Hall–Kier alpha value is -1.14. The van der Waals surface area contributed by atoms with E-state index in [2.05, 4.69) is 34.7 Å². The third-order valence-electron chi connectivity index (χ3n) is 2.99. The van der Waals surface area contributed by atoms with Gasteiger partial charge < -0.3 is 10.6 Å². The zero-order valence-corrected chi connectivity index (χ0v) is 15.5. The van der Waals surface area contributed by atoms with E-state index in [1.807, 2.05) is 18.2 Å². The molecule has 0 saturated heterocycles. The monoisotopic (exact) mass is 375 g/mol. The van der Waals surface area contributed by atoms with Gasteiger partial charge in [-0.3, -0.25) is 4.79 Å². The van der Waals surface area contributed by atoms with Gasteiger partial charge in [0, 0.05) is 19.5 Å². The van der Waals surface area contributed by atoms with E-state index in [1.54, 1.807) is 6.20 Å². The maximum absolute atomic E-state index is 12.0. The second-order valence-corrected chi connectivity index (χ2v) is 5.90. The minimum Gasteiger partial charge on any atom is -0.350 e. The molecule has 0 saturated carbocycles. The van der Waals surface area contributed by atoms with Gasteiger partial charge in [-0.1, -0.05) is 37.3 Å². The van der Waals surface area contributed by atoms with Crippen molar-refractivity contribution >= 4 is 42.1 Å². The number of carbonyl (C=O) groups is 1. The van der Waals surface area contributed by atoms with Crippen LogP contribution in [0.25, 0.3) is 0 Å². The van der Waals surface area contributed by atoms with Crippen molar-refractivity contribution < 1.29 is 4.79 Å². The third-order valence-corrected chi connectivity index (χ3v) is 3.99. The molecule has 1 heterocycles. The maximum Gasteiger partial charge on any atom is 0.263 e. The molecule has 1 aromatic heterocycles. The molecule has 0 aliphatic rings. The first-order valence-electron chi connectivity index (χ1n) is 7.27. The van der Waals surface area contributed by atoms with Crippen LogP contribution >= 0.6 is 36.2 Å². The summed E-state index contributed by atoms with van der Waals surface area (Å²) in [4.78, 5) is 17.0. The lowest BCUT2D eigenvalue weighted by atomic mass is 10.2. The molecule has 0 fully saturated rings. The van der Waals surface area contributed by atoms with E-state index in [0.29, 0.717) is 11.4 Å². The van der Waals surface area contributed by atoms with Crippen molar-refractivity contribution in [1.82, 2.24) is 15.6 Å². The van der Waals surface area contributed by atoms with E-state index < -0.39 is 0 Å². The number of carbonyl (C=O) groups excluding carboxylic acids is 1. The fourth-order valence-electron chi connectivity index (χ4n) is 1.92. The van der Waals surface area contributed by atoms with E-state index in [0.717, 1.165) is 30.9 Å². The van der Waals surface area contributed by atoms with Gasteiger partial charge in [0.2, 0.25) is 0 Å². The zero-order valence-electron chi connectivity index (χ0n) is 13.1. The average Bonchev–Trinajstić information content (AvgIpc) is 2.96. The topological polar surface area (TPSA) is 54.0 Å². The molecular formula is C16H23Cl2N3OS. The smallest absolute Gasteiger partial charge is 0.263 e. The van der Waals surface area contributed by atoms with Crippen molar-refractivity contribution in [2.45, 2.75) is 19.8 Å². The molecule has 0 spiro atoms. The molecule has 2 aromatic rings. The summed E-state index contributed by atoms with van der Waals surface area (Å²) < 4.78 is 0. The Kier molecular flexibility index (Phi) is 11.7. The van der Waals surface area contributed by atoms with Crippen LogP contribution in [0.5, 0.6) is 0 Å². The number of nitrogens with zero attached hydrogens (tertiary/aromatic N) is 1. The Labute approximate surface area is 153 Å². The Morgan fingerprint density at radius 2 is 1.87 bits per heavy atom. The standard InChI is InChI=1S/C16H21N3OS.2ClH/c1-2-8-17-9-10-18-16(20)14-12-19-15(21-14)11-13-6-4-3-5-7-13;;/h3-7,12,17H,2,8-11H2,1H3,(H,18,20);2*1H. The van der Waals surface area contributed by atoms with Gasteiger partial charge in [-0.15, -0.1) is 36.2 Å². The number of benzene rings is 1. The lowest BCUT2D eigenvalue weighted by Gasteiger charge is -2.04. The number of hydrogen-bond donors (Lipinski definition) is 2. The normalized spacial score (nSPS) is 9.61. The quantitative estimate of drug-likeness (QED) is 0.695. The summed E-state index contributed by atoms with van der Waals surface area (Å²) >= 11 is 1.46. The highest BCUT2D eigenvalue weighted by Gasteiger charge is 2.10. The first-order chi connectivity index (χ1) is 10.3. The summed E-state index contributed by atoms with van der Waals surface area (Å²) in [7, 11) is 0. The molecule has 0 aliphatic carbocycles. The number of halogens is 2. The highest BCUT2D eigenvalue weighted by molar-refractivity contribution is 7.13. The van der Waals surface area contributed by atoms with Gasteiger partial charge in [0.05, 0.1) is 11.2 Å². The number of nitrogens with one attached hydrogen (secondary N) is 2. The fraction of sp³-hybridized carbons (Fsp3) is 0.375. The SMILES string of the molecule is CCCNCCNC(=O)c1cnc(Cc2ccccc2)s1.Cl.Cl. The fourth-order valence-corrected chi connectivity index (χ4v) is 2.79. The second-order valence-electron chi connectivity index (χ2n) is 4.79. The van der Waals surface area contributed by atoms with Gasteiger partial charge in [0.15, 0.2) is 0 Å². The van der Waals surface area contributed by atoms with Crippen LogP contribution in [0, 0.1) is 0 Å². The predicted octanol–water partition coefficient (Wildman–Crippen LogP) is 3.31. The largest absolute Gasteiger partial charge is 0.350 e. The summed E-state index contributed by atoms with van der Waals surface area (Å²) in [6, 6.07) is 10.2. The predicted molar refractivity (Wildman–Crippen MR) is 101 cm³/mol. The lowest BCUT2D eigenvalue weighted by Crippen LogP contribution is -2.31. The third kappa shape index (κ3) is 7.79. The van der Waals surface area contributed by atoms with Gasteiger partial charge in [-0.25, -0.2) is 4.98 Å². The summed E-state index contributed by atoms with van der Waals surface area (Å²) in [6.45, 7) is 4.55. The van der Waals surface area contributed by atoms with E-state index >= 15 is 0 Å². The molecular weight excluding hydrogens is 353 g/mol. The highest BCUT2D eigenvalue weighted by Crippen LogP contribution is 2.16. The molecule has 0 radical (unpaired) electrons. The molecule has 2 N–H and O–H groups in total. The van der Waals surface area contributed by atoms with Crippen LogP contribution in [0.2, 0.25) is 0 Å². The van der Waals surface area contributed by atoms with E-state index in [1.165, 1.54) is 16.9 Å². The maximum atomic E-state index is 12.0. The number of aromatic nitrogens is 1. The minimum atomic E-state index is -0.0369. The Morgan fingerprint density at radius 3 is 2.57 bits per heavy atom. The first kappa shape index (κ1) is 21.9. The Bertz CT molecular complexity index is 563. The minimum absolute atomic E-state index is 0. The summed E-state index contributed by atoms with van der Waals surface area (Å²) in [5.74, 6) is -0.0369. The van der Waals surface area contributed by atoms with Crippen molar-refractivity contribution in [3.05, 3.63) is 52.0 Å².